The van der Waals surface area contributed by atoms with Crippen LogP contribution in [0.2, 0.25) is 0 Å². The molecular formula is C23H31FN6O4. The second-order valence-corrected chi connectivity index (χ2v) is 9.76. The van der Waals surface area contributed by atoms with E-state index < -0.39 is 23.7 Å². The van der Waals surface area contributed by atoms with Gasteiger partial charge in [0.25, 0.3) is 5.91 Å². The van der Waals surface area contributed by atoms with Gasteiger partial charge in [0.15, 0.2) is 6.10 Å². The van der Waals surface area contributed by atoms with Crippen LogP contribution >= 0.6 is 0 Å². The molecule has 0 aliphatic carbocycles. The van der Waals surface area contributed by atoms with Crippen LogP contribution in [0.4, 0.5) is 20.7 Å². The molecule has 11 heteroatoms. The second-order valence-electron chi connectivity index (χ2n) is 9.76. The van der Waals surface area contributed by atoms with Crippen molar-refractivity contribution in [3.8, 4) is 5.75 Å². The lowest BCUT2D eigenvalue weighted by Crippen LogP contribution is -2.41. The number of ether oxygens (including phenoxy) is 2. The summed E-state index contributed by atoms with van der Waals surface area (Å²) in [7, 11) is 1.80. The summed E-state index contributed by atoms with van der Waals surface area (Å²) in [5.74, 6) is -0.499. The van der Waals surface area contributed by atoms with Crippen molar-refractivity contribution >= 4 is 23.5 Å². The zero-order valence-corrected chi connectivity index (χ0v) is 19.9. The largest absolute Gasteiger partial charge is 0.480 e. The number of hydrogen-bond acceptors (Lipinski definition) is 7. The highest BCUT2D eigenvalue weighted by molar-refractivity contribution is 5.98. The third-order valence-electron chi connectivity index (χ3n) is 6.00. The highest BCUT2D eigenvalue weighted by atomic mass is 19.1. The molecule has 0 saturated carbocycles. The average molecular weight is 475 g/mol. The number of nitrogen functional groups attached to an aromatic ring is 1. The van der Waals surface area contributed by atoms with Crippen LogP contribution in [-0.2, 0) is 11.3 Å². The van der Waals surface area contributed by atoms with Crippen molar-refractivity contribution in [2.45, 2.75) is 57.9 Å². The monoisotopic (exact) mass is 474 g/mol. The van der Waals surface area contributed by atoms with Crippen LogP contribution in [0.25, 0.3) is 0 Å². The van der Waals surface area contributed by atoms with E-state index in [1.165, 1.54) is 22.9 Å². The number of carbonyl (C=O) groups excluding carboxylic acids is 2. The number of nitrogens with two attached hydrogens (primary N) is 2. The van der Waals surface area contributed by atoms with E-state index >= 15 is 0 Å². The Kier molecular flexibility index (Phi) is 6.05. The Balaban J connectivity index is 1.61. The summed E-state index contributed by atoms with van der Waals surface area (Å²) in [4.78, 5) is 28.5. The number of rotatable bonds is 4. The van der Waals surface area contributed by atoms with Gasteiger partial charge in [-0.2, -0.15) is 5.10 Å². The molecule has 2 aromatic rings. The predicted octanol–water partition coefficient (Wildman–Crippen LogP) is 2.67. The molecule has 0 bridgehead atoms. The molecule has 1 aromatic heterocycles. The predicted molar refractivity (Wildman–Crippen MR) is 124 cm³/mol. The lowest BCUT2D eigenvalue weighted by Gasteiger charge is -2.33. The van der Waals surface area contributed by atoms with E-state index in [9.17, 15) is 14.0 Å². The van der Waals surface area contributed by atoms with Crippen molar-refractivity contribution in [3.05, 3.63) is 35.3 Å². The van der Waals surface area contributed by atoms with E-state index in [-0.39, 0.29) is 29.8 Å². The van der Waals surface area contributed by atoms with E-state index in [1.807, 2.05) is 25.7 Å². The van der Waals surface area contributed by atoms with Crippen molar-refractivity contribution in [1.82, 2.24) is 14.7 Å². The lowest BCUT2D eigenvalue weighted by atomic mass is 10.1. The molecule has 3 heterocycles. The van der Waals surface area contributed by atoms with Crippen LogP contribution in [0.1, 0.15) is 55.8 Å². The summed E-state index contributed by atoms with van der Waals surface area (Å²) in [5.41, 5.74) is 12.4. The summed E-state index contributed by atoms with van der Waals surface area (Å²) in [6.45, 7) is 6.64. The van der Waals surface area contributed by atoms with Crippen LogP contribution in [-0.4, -0.2) is 58.5 Å². The van der Waals surface area contributed by atoms with E-state index in [1.54, 1.807) is 11.9 Å². The highest BCUT2D eigenvalue weighted by Gasteiger charge is 2.36. The number of fused-ring (bicyclic) bond motifs is 1. The molecule has 0 spiro atoms. The number of primary amides is 1. The molecular weight excluding hydrogens is 443 g/mol. The molecule has 10 nitrogen and oxygen atoms in total. The van der Waals surface area contributed by atoms with Gasteiger partial charge in [-0.15, -0.1) is 0 Å². The zero-order chi connectivity index (χ0) is 24.8. The number of anilines is 2. The van der Waals surface area contributed by atoms with Crippen molar-refractivity contribution < 1.29 is 23.5 Å². The van der Waals surface area contributed by atoms with Gasteiger partial charge in [0, 0.05) is 19.7 Å². The smallest absolute Gasteiger partial charge is 0.410 e. The minimum Gasteiger partial charge on any atom is -0.480 e. The fourth-order valence-corrected chi connectivity index (χ4v) is 4.47. The van der Waals surface area contributed by atoms with E-state index in [2.05, 4.69) is 5.10 Å². The van der Waals surface area contributed by atoms with Crippen molar-refractivity contribution in [3.63, 3.8) is 0 Å². The van der Waals surface area contributed by atoms with Gasteiger partial charge in [-0.3, -0.25) is 4.79 Å². The molecule has 1 fully saturated rings. The second kappa shape index (κ2) is 8.69. The first-order valence-corrected chi connectivity index (χ1v) is 11.3. The maximum absolute atomic E-state index is 13.7. The van der Waals surface area contributed by atoms with Gasteiger partial charge >= 0.3 is 6.09 Å². The summed E-state index contributed by atoms with van der Waals surface area (Å²) in [5, 5.41) is 4.60. The third kappa shape index (κ3) is 4.59. The molecule has 184 valence electrons. The fraction of sp³-hybridized carbons (Fsp3) is 0.522. The highest BCUT2D eigenvalue weighted by Crippen LogP contribution is 2.39. The fourth-order valence-electron chi connectivity index (χ4n) is 4.47. The Morgan fingerprint density at radius 2 is 2.06 bits per heavy atom. The van der Waals surface area contributed by atoms with Crippen LogP contribution in [0.15, 0.2) is 18.2 Å². The Labute approximate surface area is 197 Å². The number of halogens is 1. The van der Waals surface area contributed by atoms with E-state index in [4.69, 9.17) is 20.9 Å². The number of carbonyl (C=O) groups is 2. The molecule has 1 saturated heterocycles. The Bertz CT molecular complexity index is 1110. The minimum absolute atomic E-state index is 0.0887. The van der Waals surface area contributed by atoms with Crippen molar-refractivity contribution in [2.24, 2.45) is 5.73 Å². The Morgan fingerprint density at radius 3 is 2.74 bits per heavy atom. The first kappa shape index (κ1) is 23.7. The molecule has 2 aliphatic rings. The van der Waals surface area contributed by atoms with E-state index in [0.29, 0.717) is 30.2 Å². The summed E-state index contributed by atoms with van der Waals surface area (Å²) < 4.78 is 26.8. The number of likely N-dealkylation sites (N-methyl/N-ethyl adjacent to an activating group) is 1. The van der Waals surface area contributed by atoms with Crippen LogP contribution in [0, 0.1) is 5.82 Å². The van der Waals surface area contributed by atoms with Gasteiger partial charge in [0.2, 0.25) is 0 Å². The number of amides is 2. The molecule has 2 aliphatic heterocycles. The summed E-state index contributed by atoms with van der Waals surface area (Å²) in [6.07, 6.45) is 0.544. The quantitative estimate of drug-likeness (QED) is 0.697. The van der Waals surface area contributed by atoms with Gasteiger partial charge in [-0.1, -0.05) is 0 Å². The molecule has 1 aromatic carbocycles. The minimum atomic E-state index is -0.717. The summed E-state index contributed by atoms with van der Waals surface area (Å²) >= 11 is 0. The van der Waals surface area contributed by atoms with Crippen LogP contribution in [0.5, 0.6) is 5.75 Å². The molecule has 4 rings (SSSR count). The topological polar surface area (TPSA) is 129 Å². The number of nitrogens with zero attached hydrogens (tertiary/aromatic N) is 4. The van der Waals surface area contributed by atoms with Crippen molar-refractivity contribution in [2.75, 3.05) is 30.8 Å². The molecule has 0 radical (unpaired) electrons. The van der Waals surface area contributed by atoms with Gasteiger partial charge in [0.05, 0.1) is 24.8 Å². The molecule has 4 N–H and O–H groups in total. The maximum atomic E-state index is 13.7. The van der Waals surface area contributed by atoms with Gasteiger partial charge in [-0.05, 0) is 45.7 Å². The van der Waals surface area contributed by atoms with Gasteiger partial charge < -0.3 is 30.7 Å². The average Bonchev–Trinajstić information content (AvgIpc) is 3.32. The SMILES string of the molecule is CN1CC(c2nn(C[C@@H]3CCCN3C(=O)OC(C)(C)C)c(N)c2C(N)=O)Oc2ccc(F)cc21. The lowest BCUT2D eigenvalue weighted by molar-refractivity contribution is 0.0211. The molecule has 34 heavy (non-hydrogen) atoms. The number of hydrogen-bond donors (Lipinski definition) is 2. The first-order chi connectivity index (χ1) is 15.9. The normalized spacial score (nSPS) is 20.1. The molecule has 2 amide bonds. The number of aromatic nitrogens is 2. The van der Waals surface area contributed by atoms with Gasteiger partial charge in [0.1, 0.15) is 34.2 Å². The van der Waals surface area contributed by atoms with Crippen LogP contribution < -0.4 is 21.1 Å². The standard InChI is InChI=1S/C23H31FN6O4/c1-23(2,3)34-22(32)29-9-5-6-14(29)11-30-20(25)18(21(26)31)19(27-30)17-12-28(4)15-10-13(24)7-8-16(15)33-17/h7-8,10,14,17H,5-6,9,11-12,25H2,1-4H3,(H2,26,31)/t14-,17?/m0/s1. The van der Waals surface area contributed by atoms with E-state index in [0.717, 1.165) is 12.8 Å². The van der Waals surface area contributed by atoms with Crippen molar-refractivity contribution in [1.29, 1.82) is 0 Å². The molecule has 2 atom stereocenters. The number of benzene rings is 1. The zero-order valence-electron chi connectivity index (χ0n) is 19.9. The Morgan fingerprint density at radius 1 is 1.32 bits per heavy atom. The van der Waals surface area contributed by atoms with Crippen LogP contribution in [0.3, 0.4) is 0 Å². The first-order valence-electron chi connectivity index (χ1n) is 11.3. The van der Waals surface area contributed by atoms with Gasteiger partial charge in [-0.25, -0.2) is 13.9 Å². The molecule has 1 unspecified atom stereocenters. The Hall–Kier alpha value is -3.50. The maximum Gasteiger partial charge on any atom is 0.410 e. The third-order valence-corrected chi connectivity index (χ3v) is 6.00. The summed E-state index contributed by atoms with van der Waals surface area (Å²) in [6, 6.07) is 4.04. The number of likely N-dealkylation sites (tertiary alicyclic amines) is 1.